The van der Waals surface area contributed by atoms with Crippen LogP contribution in [0.3, 0.4) is 0 Å². The smallest absolute Gasteiger partial charge is 0.226 e. The van der Waals surface area contributed by atoms with Crippen LogP contribution in [0.5, 0.6) is 0 Å². The zero-order valence-electron chi connectivity index (χ0n) is 14.4. The highest BCUT2D eigenvalue weighted by molar-refractivity contribution is 7.13. The maximum absolute atomic E-state index is 12.1. The summed E-state index contributed by atoms with van der Waals surface area (Å²) < 4.78 is 0. The minimum absolute atomic E-state index is 0.0687. The Hall–Kier alpha value is -2.99. The largest absolute Gasteiger partial charge is 0.352 e. The number of carbonyl (C=O) groups is 2. The van der Waals surface area contributed by atoms with Crippen molar-refractivity contribution < 1.29 is 9.59 Å². The average Bonchev–Trinajstić information content (AvgIpc) is 3.10. The van der Waals surface area contributed by atoms with Gasteiger partial charge >= 0.3 is 0 Å². The number of hydrogen-bond acceptors (Lipinski definition) is 4. The second kappa shape index (κ2) is 8.40. The number of hydrogen-bond donors (Lipinski definition) is 2. The van der Waals surface area contributed by atoms with Gasteiger partial charge in [-0.3, -0.25) is 9.59 Å². The maximum Gasteiger partial charge on any atom is 0.226 e. The van der Waals surface area contributed by atoms with Gasteiger partial charge in [0.05, 0.1) is 12.1 Å². The van der Waals surface area contributed by atoms with Crippen LogP contribution in [0.2, 0.25) is 0 Å². The SMILES string of the molecule is CC(=O)Nc1ccc(CNC(=O)Cc2csc(-c3ccccc3)n2)cc1. The van der Waals surface area contributed by atoms with Crippen LogP contribution in [0, 0.1) is 0 Å². The number of amides is 2. The first-order chi connectivity index (χ1) is 12.6. The van der Waals surface area contributed by atoms with Crippen LogP contribution in [0.4, 0.5) is 5.69 Å². The van der Waals surface area contributed by atoms with Gasteiger partial charge in [-0.25, -0.2) is 4.98 Å². The van der Waals surface area contributed by atoms with Gasteiger partial charge in [-0.1, -0.05) is 42.5 Å². The quantitative estimate of drug-likeness (QED) is 0.701. The predicted molar refractivity (Wildman–Crippen MR) is 104 cm³/mol. The molecule has 6 heteroatoms. The highest BCUT2D eigenvalue weighted by atomic mass is 32.1. The van der Waals surface area contributed by atoms with Crippen molar-refractivity contribution in [2.24, 2.45) is 0 Å². The second-order valence-corrected chi connectivity index (χ2v) is 6.70. The van der Waals surface area contributed by atoms with Crippen molar-refractivity contribution in [3.8, 4) is 10.6 Å². The van der Waals surface area contributed by atoms with Gasteiger partial charge < -0.3 is 10.6 Å². The van der Waals surface area contributed by atoms with Gasteiger partial charge in [-0.05, 0) is 17.7 Å². The van der Waals surface area contributed by atoms with Crippen LogP contribution >= 0.6 is 11.3 Å². The number of carbonyl (C=O) groups excluding carboxylic acids is 2. The number of anilines is 1. The summed E-state index contributed by atoms with van der Waals surface area (Å²) in [5.74, 6) is -0.176. The summed E-state index contributed by atoms with van der Waals surface area (Å²) in [6.45, 7) is 1.91. The number of rotatable bonds is 6. The molecular weight excluding hydrogens is 346 g/mol. The number of nitrogens with one attached hydrogen (secondary N) is 2. The average molecular weight is 365 g/mol. The molecule has 0 aliphatic carbocycles. The van der Waals surface area contributed by atoms with E-state index in [2.05, 4.69) is 15.6 Å². The summed E-state index contributed by atoms with van der Waals surface area (Å²) >= 11 is 1.54. The van der Waals surface area contributed by atoms with E-state index in [-0.39, 0.29) is 18.2 Å². The van der Waals surface area contributed by atoms with Crippen molar-refractivity contribution >= 4 is 28.8 Å². The van der Waals surface area contributed by atoms with Crippen molar-refractivity contribution in [3.63, 3.8) is 0 Å². The molecule has 0 saturated carbocycles. The molecule has 0 saturated heterocycles. The fourth-order valence-electron chi connectivity index (χ4n) is 2.44. The maximum atomic E-state index is 12.1. The van der Waals surface area contributed by atoms with Gasteiger partial charge in [0.2, 0.25) is 11.8 Å². The van der Waals surface area contributed by atoms with Gasteiger partial charge in [0, 0.05) is 30.1 Å². The van der Waals surface area contributed by atoms with Gasteiger partial charge in [0.15, 0.2) is 0 Å². The molecule has 0 bridgehead atoms. The lowest BCUT2D eigenvalue weighted by molar-refractivity contribution is -0.120. The Bertz CT molecular complexity index is 889. The molecule has 0 aliphatic rings. The number of benzene rings is 2. The lowest BCUT2D eigenvalue weighted by Crippen LogP contribution is -2.24. The summed E-state index contributed by atoms with van der Waals surface area (Å²) in [7, 11) is 0. The van der Waals surface area contributed by atoms with E-state index in [9.17, 15) is 9.59 Å². The van der Waals surface area contributed by atoms with Gasteiger partial charge in [-0.2, -0.15) is 0 Å². The molecule has 5 nitrogen and oxygen atoms in total. The molecule has 0 spiro atoms. The minimum Gasteiger partial charge on any atom is -0.352 e. The first kappa shape index (κ1) is 17.8. The number of aromatic nitrogens is 1. The summed E-state index contributed by atoms with van der Waals surface area (Å²) in [5, 5.41) is 8.45. The van der Waals surface area contributed by atoms with E-state index < -0.39 is 0 Å². The molecule has 3 rings (SSSR count). The summed E-state index contributed by atoms with van der Waals surface area (Å²) in [6.07, 6.45) is 0.257. The second-order valence-electron chi connectivity index (χ2n) is 5.84. The van der Waals surface area contributed by atoms with Crippen LogP contribution in [-0.4, -0.2) is 16.8 Å². The topological polar surface area (TPSA) is 71.1 Å². The van der Waals surface area contributed by atoms with E-state index in [4.69, 9.17) is 0 Å². The van der Waals surface area contributed by atoms with Crippen molar-refractivity contribution in [1.82, 2.24) is 10.3 Å². The van der Waals surface area contributed by atoms with Crippen molar-refractivity contribution in [1.29, 1.82) is 0 Å². The van der Waals surface area contributed by atoms with E-state index in [0.717, 1.165) is 27.5 Å². The fraction of sp³-hybridized carbons (Fsp3) is 0.150. The van der Waals surface area contributed by atoms with Crippen molar-refractivity contribution in [3.05, 3.63) is 71.2 Å². The minimum atomic E-state index is -0.107. The zero-order valence-corrected chi connectivity index (χ0v) is 15.2. The summed E-state index contributed by atoms with van der Waals surface area (Å²) in [4.78, 5) is 27.7. The highest BCUT2D eigenvalue weighted by Gasteiger charge is 2.09. The monoisotopic (exact) mass is 365 g/mol. The molecule has 2 aromatic carbocycles. The molecule has 0 atom stereocenters. The zero-order chi connectivity index (χ0) is 18.4. The molecule has 0 radical (unpaired) electrons. The standard InChI is InChI=1S/C20H19N3O2S/c1-14(24)22-17-9-7-15(8-10-17)12-21-19(25)11-18-13-26-20(23-18)16-5-3-2-4-6-16/h2-10,13H,11-12H2,1H3,(H,21,25)(H,22,24). The molecule has 3 aromatic rings. The van der Waals surface area contributed by atoms with Crippen LogP contribution in [0.1, 0.15) is 18.2 Å². The molecule has 2 amide bonds. The van der Waals surface area contributed by atoms with E-state index in [1.165, 1.54) is 18.3 Å². The van der Waals surface area contributed by atoms with E-state index in [1.54, 1.807) is 0 Å². The number of thiazole rings is 1. The number of nitrogens with zero attached hydrogens (tertiary/aromatic N) is 1. The van der Waals surface area contributed by atoms with Crippen LogP contribution in [0.15, 0.2) is 60.0 Å². The Kier molecular flexibility index (Phi) is 5.76. The third kappa shape index (κ3) is 5.00. The Morgan fingerprint density at radius 1 is 1.04 bits per heavy atom. The Morgan fingerprint density at radius 2 is 1.77 bits per heavy atom. The lowest BCUT2D eigenvalue weighted by atomic mass is 10.2. The van der Waals surface area contributed by atoms with Crippen LogP contribution in [-0.2, 0) is 22.6 Å². The first-order valence-electron chi connectivity index (χ1n) is 8.23. The molecule has 2 N–H and O–H groups in total. The van der Waals surface area contributed by atoms with Gasteiger partial charge in [0.25, 0.3) is 0 Å². The molecular formula is C20H19N3O2S. The third-order valence-corrected chi connectivity index (χ3v) is 4.62. The molecule has 0 fully saturated rings. The van der Waals surface area contributed by atoms with Crippen LogP contribution in [0.25, 0.3) is 10.6 Å². The Morgan fingerprint density at radius 3 is 2.46 bits per heavy atom. The normalized spacial score (nSPS) is 10.3. The summed E-state index contributed by atoms with van der Waals surface area (Å²) in [5.41, 5.74) is 3.54. The van der Waals surface area contributed by atoms with Crippen molar-refractivity contribution in [2.45, 2.75) is 19.9 Å². The Labute approximate surface area is 156 Å². The fourth-order valence-corrected chi connectivity index (χ4v) is 3.26. The van der Waals surface area contributed by atoms with Crippen LogP contribution < -0.4 is 10.6 Å². The molecule has 0 aliphatic heterocycles. The molecule has 132 valence electrons. The predicted octanol–water partition coefficient (Wildman–Crippen LogP) is 3.63. The molecule has 26 heavy (non-hydrogen) atoms. The molecule has 1 heterocycles. The third-order valence-electron chi connectivity index (χ3n) is 3.68. The van der Waals surface area contributed by atoms with E-state index in [1.807, 2.05) is 60.0 Å². The van der Waals surface area contributed by atoms with E-state index in [0.29, 0.717) is 6.54 Å². The summed E-state index contributed by atoms with van der Waals surface area (Å²) in [6, 6.07) is 17.3. The van der Waals surface area contributed by atoms with E-state index >= 15 is 0 Å². The van der Waals surface area contributed by atoms with Gasteiger partial charge in [-0.15, -0.1) is 11.3 Å². The highest BCUT2D eigenvalue weighted by Crippen LogP contribution is 2.23. The lowest BCUT2D eigenvalue weighted by Gasteiger charge is -2.06. The van der Waals surface area contributed by atoms with Crippen molar-refractivity contribution in [2.75, 3.05) is 5.32 Å². The molecule has 0 unspecified atom stereocenters. The molecule has 1 aromatic heterocycles. The van der Waals surface area contributed by atoms with Gasteiger partial charge in [0.1, 0.15) is 5.01 Å². The first-order valence-corrected chi connectivity index (χ1v) is 9.11. The Balaban J connectivity index is 1.51.